The second-order valence-electron chi connectivity index (χ2n) is 6.34. The zero-order chi connectivity index (χ0) is 17.4. The number of fused-ring (bicyclic) bond motifs is 2. The molecule has 1 aromatic heterocycles. The molecular weight excluding hydrogens is 326 g/mol. The van der Waals surface area contributed by atoms with Crippen molar-refractivity contribution >= 4 is 29.2 Å². The molecule has 0 N–H and O–H groups in total. The number of benzene rings is 2. The van der Waals surface area contributed by atoms with Crippen molar-refractivity contribution in [1.29, 1.82) is 0 Å². The Morgan fingerprint density at radius 1 is 1.00 bits per heavy atom. The third-order valence-electron chi connectivity index (χ3n) is 4.26. The molecule has 124 valence electrons. The predicted molar refractivity (Wildman–Crippen MR) is 104 cm³/mol. The first-order valence-corrected chi connectivity index (χ1v) is 9.03. The summed E-state index contributed by atoms with van der Waals surface area (Å²) in [5, 5.41) is 2.18. The van der Waals surface area contributed by atoms with Crippen LogP contribution in [0.15, 0.2) is 69.5 Å². The number of aromatic nitrogens is 1. The molecule has 4 rings (SSSR count). The van der Waals surface area contributed by atoms with Gasteiger partial charge in [0.05, 0.1) is 16.7 Å². The molecule has 0 bridgehead atoms. The molecule has 0 spiro atoms. The fraction of sp³-hybridized carbons (Fsp3) is 0.143. The molecule has 0 amide bonds. The van der Waals surface area contributed by atoms with Crippen LogP contribution in [-0.2, 0) is 0 Å². The number of hydrogen-bond donors (Lipinski definition) is 0. The van der Waals surface area contributed by atoms with Gasteiger partial charge in [-0.2, -0.15) is 0 Å². The lowest BCUT2D eigenvalue weighted by atomic mass is 10.1. The summed E-state index contributed by atoms with van der Waals surface area (Å²) >= 11 is 1.78. The molecule has 0 atom stereocenters. The topological polar surface area (TPSA) is 28.5 Å². The Morgan fingerprint density at radius 2 is 1.88 bits per heavy atom. The molecule has 1 aliphatic rings. The summed E-state index contributed by atoms with van der Waals surface area (Å²) in [4.78, 5) is 13.8. The molecule has 25 heavy (non-hydrogen) atoms. The van der Waals surface area contributed by atoms with Crippen LogP contribution in [0, 0.1) is 6.92 Å². The molecule has 1 aliphatic heterocycles. The Kier molecular flexibility index (Phi) is 4.06. The van der Waals surface area contributed by atoms with Gasteiger partial charge in [-0.05, 0) is 60.2 Å². The van der Waals surface area contributed by atoms with E-state index in [9.17, 15) is 0 Å². The molecule has 0 saturated heterocycles. The zero-order valence-corrected chi connectivity index (χ0v) is 15.3. The van der Waals surface area contributed by atoms with Crippen molar-refractivity contribution in [1.82, 2.24) is 4.98 Å². The van der Waals surface area contributed by atoms with Crippen molar-refractivity contribution in [3.8, 4) is 0 Å². The maximum absolute atomic E-state index is 4.81. The van der Waals surface area contributed by atoms with E-state index in [4.69, 9.17) is 4.99 Å². The van der Waals surface area contributed by atoms with Crippen molar-refractivity contribution in [2.75, 3.05) is 19.0 Å². The van der Waals surface area contributed by atoms with Gasteiger partial charge in [0.1, 0.15) is 0 Å². The average Bonchev–Trinajstić information content (AvgIpc) is 2.61. The molecule has 4 heteroatoms. The maximum atomic E-state index is 4.81. The Bertz CT molecular complexity index is 1070. The minimum absolute atomic E-state index is 1.01. The summed E-state index contributed by atoms with van der Waals surface area (Å²) in [5.41, 5.74) is 4.42. The van der Waals surface area contributed by atoms with E-state index in [0.717, 1.165) is 22.0 Å². The van der Waals surface area contributed by atoms with Gasteiger partial charge in [-0.3, -0.25) is 4.98 Å². The lowest BCUT2D eigenvalue weighted by Gasteiger charge is -2.17. The smallest absolute Gasteiger partial charge is 0.0778 e. The summed E-state index contributed by atoms with van der Waals surface area (Å²) < 4.78 is 0. The third kappa shape index (κ3) is 3.17. The Balaban J connectivity index is 1.79. The number of nitrogens with zero attached hydrogens (tertiary/aromatic N) is 3. The van der Waals surface area contributed by atoms with Gasteiger partial charge in [0, 0.05) is 35.8 Å². The number of pyridine rings is 1. The van der Waals surface area contributed by atoms with Crippen LogP contribution in [0.5, 0.6) is 0 Å². The third-order valence-corrected chi connectivity index (χ3v) is 5.35. The van der Waals surface area contributed by atoms with E-state index in [1.165, 1.54) is 21.0 Å². The van der Waals surface area contributed by atoms with Gasteiger partial charge in [-0.1, -0.05) is 23.9 Å². The van der Waals surface area contributed by atoms with Gasteiger partial charge in [0.2, 0.25) is 0 Å². The summed E-state index contributed by atoms with van der Waals surface area (Å²) in [6.07, 6.45) is 3.96. The highest BCUT2D eigenvalue weighted by molar-refractivity contribution is 7.99. The first-order valence-electron chi connectivity index (χ1n) is 8.21. The van der Waals surface area contributed by atoms with E-state index in [-0.39, 0.29) is 0 Å². The van der Waals surface area contributed by atoms with Crippen LogP contribution in [0.2, 0.25) is 0 Å². The maximum Gasteiger partial charge on any atom is 0.0778 e. The fourth-order valence-corrected chi connectivity index (χ4v) is 3.85. The average molecular weight is 345 g/mol. The molecule has 0 saturated carbocycles. The van der Waals surface area contributed by atoms with E-state index in [1.807, 2.05) is 12.3 Å². The zero-order valence-electron chi connectivity index (χ0n) is 14.5. The normalized spacial score (nSPS) is 13.0. The molecule has 3 aromatic rings. The molecule has 0 radical (unpaired) electrons. The van der Waals surface area contributed by atoms with E-state index in [1.54, 1.807) is 11.8 Å². The fourth-order valence-electron chi connectivity index (χ4n) is 2.80. The largest absolute Gasteiger partial charge is 0.378 e. The first-order chi connectivity index (χ1) is 12.1. The molecule has 2 aromatic carbocycles. The minimum Gasteiger partial charge on any atom is -0.378 e. The summed E-state index contributed by atoms with van der Waals surface area (Å²) in [6, 6.07) is 16.9. The predicted octanol–water partition coefficient (Wildman–Crippen LogP) is 3.70. The molecular formula is C21H19N3S. The minimum atomic E-state index is 1.01. The Morgan fingerprint density at radius 3 is 2.68 bits per heavy atom. The van der Waals surface area contributed by atoms with E-state index in [2.05, 4.69) is 79.4 Å². The van der Waals surface area contributed by atoms with Crippen LogP contribution >= 0.6 is 11.8 Å². The second kappa shape index (κ2) is 6.37. The lowest BCUT2D eigenvalue weighted by molar-refractivity contribution is 1.11. The molecule has 3 nitrogen and oxygen atoms in total. The van der Waals surface area contributed by atoms with Gasteiger partial charge in [-0.25, -0.2) is 4.99 Å². The van der Waals surface area contributed by atoms with Crippen LogP contribution in [0.1, 0.15) is 11.3 Å². The highest BCUT2D eigenvalue weighted by Gasteiger charge is 2.12. The van der Waals surface area contributed by atoms with E-state index >= 15 is 0 Å². The molecule has 2 heterocycles. The van der Waals surface area contributed by atoms with E-state index < -0.39 is 0 Å². The standard InChI is InChI=1S/C21H19N3S/c1-14-5-4-10-22-19(14)11-15-6-8-17-20(12-15)25-21-13-16(24(2)3)7-9-18(21)23-17/h4-13H,1-3H3. The quantitative estimate of drug-likeness (QED) is 0.555. The van der Waals surface area contributed by atoms with E-state index in [0.29, 0.717) is 0 Å². The number of hydrogen-bond acceptors (Lipinski definition) is 4. The van der Waals surface area contributed by atoms with Crippen LogP contribution in [0.4, 0.5) is 11.4 Å². The van der Waals surface area contributed by atoms with Crippen molar-refractivity contribution in [3.05, 3.63) is 76.6 Å². The molecule has 0 aliphatic carbocycles. The molecule has 0 fully saturated rings. The van der Waals surface area contributed by atoms with Crippen molar-refractivity contribution in [2.45, 2.75) is 16.7 Å². The lowest BCUT2D eigenvalue weighted by Crippen LogP contribution is -2.14. The van der Waals surface area contributed by atoms with Crippen LogP contribution in [-0.4, -0.2) is 19.1 Å². The van der Waals surface area contributed by atoms with Crippen LogP contribution in [0.3, 0.4) is 0 Å². The van der Waals surface area contributed by atoms with Gasteiger partial charge >= 0.3 is 0 Å². The van der Waals surface area contributed by atoms with Gasteiger partial charge in [0.15, 0.2) is 0 Å². The van der Waals surface area contributed by atoms with Crippen LogP contribution < -0.4 is 15.5 Å². The summed E-state index contributed by atoms with van der Waals surface area (Å²) in [5.74, 6) is 0. The highest BCUT2D eigenvalue weighted by Crippen LogP contribution is 2.38. The first kappa shape index (κ1) is 15.9. The SMILES string of the molecule is Cc1cccnc1C=c1ccc2c(c1)Sc1cc(N(C)C)ccc1N=2. The van der Waals surface area contributed by atoms with Crippen molar-refractivity contribution in [2.24, 2.45) is 4.99 Å². The van der Waals surface area contributed by atoms with Crippen molar-refractivity contribution < 1.29 is 0 Å². The summed E-state index contributed by atoms with van der Waals surface area (Å²) in [6.45, 7) is 2.08. The second-order valence-corrected chi connectivity index (χ2v) is 7.42. The number of aryl methyl sites for hydroxylation is 1. The van der Waals surface area contributed by atoms with Crippen LogP contribution in [0.25, 0.3) is 6.08 Å². The summed E-state index contributed by atoms with van der Waals surface area (Å²) in [7, 11) is 4.12. The molecule has 0 unspecified atom stereocenters. The van der Waals surface area contributed by atoms with Gasteiger partial charge in [-0.15, -0.1) is 0 Å². The number of rotatable bonds is 2. The van der Waals surface area contributed by atoms with Gasteiger partial charge < -0.3 is 4.90 Å². The Hall–Kier alpha value is -2.59. The Labute approximate surface area is 151 Å². The van der Waals surface area contributed by atoms with Crippen molar-refractivity contribution in [3.63, 3.8) is 0 Å². The number of anilines is 1. The highest BCUT2D eigenvalue weighted by atomic mass is 32.2. The van der Waals surface area contributed by atoms with Gasteiger partial charge in [0.25, 0.3) is 0 Å². The monoisotopic (exact) mass is 345 g/mol.